The maximum atomic E-state index is 15.3. The molecule has 47 heteroatoms. The summed E-state index contributed by atoms with van der Waals surface area (Å²) in [5.74, 6) is -9.36. The average Bonchev–Trinajstić information content (AvgIpc) is 1.10. The molecule has 0 saturated carbocycles. The molecule has 3 aliphatic rings. The highest BCUT2D eigenvalue weighted by molar-refractivity contribution is 6.12. The van der Waals surface area contributed by atoms with E-state index in [1.807, 2.05) is 0 Å². The predicted octanol–water partition coefficient (Wildman–Crippen LogP) is 23.1. The number of pyridine rings is 3. The molecule has 132 heavy (non-hydrogen) atoms. The van der Waals surface area contributed by atoms with Crippen molar-refractivity contribution < 1.29 is 165 Å². The molecule has 12 bridgehead atoms. The molecule has 4 unspecified atom stereocenters. The Morgan fingerprint density at radius 2 is 0.773 bits per heavy atom. The number of benzene rings is 2. The number of hydrogen-bond acceptors (Lipinski definition) is 27. The standard InChI is InChI=1S/C34H40F6N4O7.C34H38F6N4O7.C17H18F6N4O3/c2*1-20-14-10-9-13-17-32(34(38,39)40,47-19-21-15-11-8-12-16-21)27-43-42-26(49-27)24-23(18-22(33(35,36)37)25(41-24)48-20)44(28(45)50-30(2,3)4)29(46)51-31(5,6)7;1-8-5-3-2-4-6-15(28,17(21,22)23)14-27-26-13(30-14)11-10(24)7-9(16(18,19)20)12(25-11)29-8/h8,11-12,15-16,18,20H,9-10,13-14,17,19H2,1-7H3;8-12,15-16,18,20H,13-14,17,19H2,1-7H3;7-8,28H,2-6,24H2,1H3/t2*20-,32-;8-,15-/m111/s1/i9D,10D;;2D,3D/t9?,10?,20-,32-;;2?,3?,8-,15-. The van der Waals surface area contributed by atoms with E-state index in [2.05, 4.69) is 45.5 Å². The third kappa shape index (κ3) is 26.2. The van der Waals surface area contributed by atoms with Crippen LogP contribution in [0.4, 0.5) is 115 Å². The fourth-order valence-electron chi connectivity index (χ4n) is 12.3. The van der Waals surface area contributed by atoms with Gasteiger partial charge in [0, 0.05) is 11.9 Å². The second kappa shape index (κ2) is 40.0. The fraction of sp³-hybridized carbons (Fsp3) is 0.541. The molecular formula is C85H96F18N12O17. The number of carbonyl (C=O) groups is 4. The van der Waals surface area contributed by atoms with Gasteiger partial charge in [0.2, 0.25) is 34.4 Å². The van der Waals surface area contributed by atoms with E-state index < -0.39 is 300 Å². The summed E-state index contributed by atoms with van der Waals surface area (Å²) < 4.78 is 359. The minimum absolute atomic E-state index is 0.0275. The van der Waals surface area contributed by atoms with Gasteiger partial charge in [-0.1, -0.05) is 85.6 Å². The molecule has 29 nitrogen and oxygen atoms in total. The van der Waals surface area contributed by atoms with E-state index in [9.17, 15) is 77.0 Å². The highest BCUT2D eigenvalue weighted by Crippen LogP contribution is 2.53. The summed E-state index contributed by atoms with van der Waals surface area (Å²) in [6.07, 6.45) is -48.2. The van der Waals surface area contributed by atoms with Crippen LogP contribution in [0.25, 0.3) is 34.8 Å². The molecule has 11 rings (SSSR count). The van der Waals surface area contributed by atoms with Crippen molar-refractivity contribution in [1.82, 2.24) is 45.5 Å². The summed E-state index contributed by atoms with van der Waals surface area (Å²) in [5.41, 5.74) is -18.5. The number of fused-ring (bicyclic) bond motifs is 15. The van der Waals surface area contributed by atoms with Crippen LogP contribution in [0, 0.1) is 0 Å². The molecule has 0 aliphatic carbocycles. The summed E-state index contributed by atoms with van der Waals surface area (Å²) in [6, 6.07) is 16.9. The van der Waals surface area contributed by atoms with Crippen LogP contribution in [0.2, 0.25) is 0 Å². The van der Waals surface area contributed by atoms with Crippen LogP contribution in [0.3, 0.4) is 0 Å². The summed E-state index contributed by atoms with van der Waals surface area (Å²) in [5, 5.41) is 31.6. The van der Waals surface area contributed by atoms with Crippen molar-refractivity contribution >= 4 is 41.4 Å². The minimum atomic E-state index is -5.29. The molecule has 0 fully saturated rings. The van der Waals surface area contributed by atoms with Crippen LogP contribution in [0.15, 0.2) is 104 Å². The smallest absolute Gasteiger partial charge is 0.426 e. The molecule has 724 valence electrons. The molecule has 10 atom stereocenters. The number of nitrogens with zero attached hydrogens (tertiary/aromatic N) is 11. The number of rotatable bonds is 8. The second-order valence-electron chi connectivity index (χ2n) is 34.1. The maximum Gasteiger partial charge on any atom is 0.426 e. The van der Waals surface area contributed by atoms with Gasteiger partial charge in [-0.05, 0) is 197 Å². The normalized spacial score (nSPS) is 22.6. The first-order chi connectivity index (χ1) is 62.4. The van der Waals surface area contributed by atoms with Gasteiger partial charge < -0.3 is 66.7 Å². The van der Waals surface area contributed by atoms with E-state index in [0.717, 1.165) is 0 Å². The molecule has 0 radical (unpaired) electrons. The van der Waals surface area contributed by atoms with Crippen LogP contribution < -0.4 is 29.7 Å². The van der Waals surface area contributed by atoms with Crippen molar-refractivity contribution in [2.45, 2.75) is 295 Å². The Bertz CT molecular complexity index is 5460. The molecule has 2 aromatic carbocycles. The van der Waals surface area contributed by atoms with E-state index in [1.165, 1.54) is 128 Å². The van der Waals surface area contributed by atoms with E-state index in [-0.39, 0.29) is 29.1 Å². The lowest BCUT2D eigenvalue weighted by Crippen LogP contribution is -2.45. The minimum Gasteiger partial charge on any atom is -0.474 e. The number of anilines is 3. The van der Waals surface area contributed by atoms with Crippen molar-refractivity contribution in [3.8, 4) is 52.4 Å². The van der Waals surface area contributed by atoms with Crippen molar-refractivity contribution in [3.63, 3.8) is 0 Å². The Balaban J connectivity index is 0.000000236. The number of nitrogens with two attached hydrogens (primary N) is 1. The number of carbonyl (C=O) groups excluding carboxylic acids is 4. The van der Waals surface area contributed by atoms with E-state index >= 15 is 26.3 Å². The molecule has 8 aromatic rings. The molecule has 3 aliphatic heterocycles. The SMILES string of the molecule is C[C@@H]1CC=CCC[C@](OCc2ccccc2)(C(F)(F)F)c2nnc(o2)-c2nc(c(C(F)(F)F)cc2N(C(=O)OC(C)(C)C)C(=O)OC(C)(C)C)O1.[2H]C1CC[C@](O)(C(F)(F)F)c2nnc(o2)-c2nc(c(C(F)(F)F)cc2N)O[C@H](C)CC1[2H].[2H]C1CC[C@](OCc2ccccc2)(C(F)(F)F)c2nnc(o2)-c2nc(c(C(F)(F)F)cc2N(C(=O)OC(C)(C)C)C(=O)OC(C)(C)C)O[C@H](C)CC1[2H]. The van der Waals surface area contributed by atoms with Crippen LogP contribution in [0.1, 0.15) is 238 Å². The van der Waals surface area contributed by atoms with Gasteiger partial charge in [0.15, 0.2) is 17.1 Å². The van der Waals surface area contributed by atoms with Gasteiger partial charge in [-0.25, -0.2) is 34.1 Å². The molecule has 3 N–H and O–H groups in total. The van der Waals surface area contributed by atoms with Crippen molar-refractivity contribution in [3.05, 3.63) is 137 Å². The number of hydrogen-bond donors (Lipinski definition) is 2. The highest BCUT2D eigenvalue weighted by Gasteiger charge is 2.64. The Hall–Kier alpha value is -11.7. The van der Waals surface area contributed by atoms with Crippen LogP contribution in [0.5, 0.6) is 17.6 Å². The first kappa shape index (κ1) is 97.9. The number of nitrogen functional groups attached to an aromatic ring is 1. The number of halogens is 18. The van der Waals surface area contributed by atoms with Crippen molar-refractivity contribution in [2.24, 2.45) is 0 Å². The third-order valence-electron chi connectivity index (χ3n) is 18.5. The Morgan fingerprint density at radius 1 is 0.439 bits per heavy atom. The van der Waals surface area contributed by atoms with Gasteiger partial charge in [-0.3, -0.25) is 0 Å². The summed E-state index contributed by atoms with van der Waals surface area (Å²) >= 11 is 0. The zero-order valence-electron chi connectivity index (χ0n) is 77.3. The number of aromatic nitrogens is 9. The largest absolute Gasteiger partial charge is 0.474 e. The lowest BCUT2D eigenvalue weighted by Gasteiger charge is -2.33. The number of ether oxygens (including phenoxy) is 9. The number of allylic oxidation sites excluding steroid dienone is 1. The number of alkyl halides is 18. The maximum absolute atomic E-state index is 15.3. The lowest BCUT2D eigenvalue weighted by molar-refractivity contribution is -0.300. The Kier molecular flexibility index (Phi) is 29.7. The quantitative estimate of drug-likeness (QED) is 0.0810. The first-order valence-electron chi connectivity index (χ1n) is 42.6. The fourth-order valence-corrected chi connectivity index (χ4v) is 12.3. The first-order valence-corrected chi connectivity index (χ1v) is 40.2. The number of aliphatic hydroxyl groups is 1. The average molecular weight is 1900 g/mol. The molecule has 4 amide bonds. The van der Waals surface area contributed by atoms with Gasteiger partial charge in [0.1, 0.15) is 45.2 Å². The van der Waals surface area contributed by atoms with Crippen molar-refractivity contribution in [2.75, 3.05) is 15.5 Å². The zero-order valence-corrected chi connectivity index (χ0v) is 73.3. The Labute approximate surface area is 748 Å². The summed E-state index contributed by atoms with van der Waals surface area (Å²) in [6.45, 7) is 20.0. The lowest BCUT2D eigenvalue weighted by atomic mass is 9.94. The van der Waals surface area contributed by atoms with Crippen LogP contribution in [-0.4, -0.2) is 134 Å². The number of imide groups is 2. The van der Waals surface area contributed by atoms with Gasteiger partial charge in [0.05, 0.1) is 42.5 Å². The van der Waals surface area contributed by atoms with Crippen LogP contribution >= 0.6 is 0 Å². The van der Waals surface area contributed by atoms with Gasteiger partial charge >= 0.3 is 61.4 Å². The Morgan fingerprint density at radius 3 is 1.14 bits per heavy atom. The highest BCUT2D eigenvalue weighted by atomic mass is 19.4. The monoisotopic (exact) mass is 1900 g/mol. The number of amides is 4. The summed E-state index contributed by atoms with van der Waals surface area (Å²) in [4.78, 5) is 66.1. The topological polar surface area (TPSA) is 360 Å². The molecule has 9 heterocycles. The van der Waals surface area contributed by atoms with Crippen molar-refractivity contribution in [1.29, 1.82) is 0 Å². The molecule has 6 aromatic heterocycles. The molecule has 0 spiro atoms. The second-order valence-corrected chi connectivity index (χ2v) is 34.1. The van der Waals surface area contributed by atoms with E-state index in [1.54, 1.807) is 48.5 Å². The predicted molar refractivity (Wildman–Crippen MR) is 429 cm³/mol. The van der Waals surface area contributed by atoms with Gasteiger partial charge in [0.25, 0.3) is 35.3 Å². The van der Waals surface area contributed by atoms with E-state index in [0.29, 0.717) is 29.3 Å². The summed E-state index contributed by atoms with van der Waals surface area (Å²) in [7, 11) is 0. The van der Waals surface area contributed by atoms with Gasteiger partial charge in [-0.15, -0.1) is 30.6 Å². The van der Waals surface area contributed by atoms with Crippen LogP contribution in [-0.2, 0) is 77.0 Å². The van der Waals surface area contributed by atoms with E-state index in [4.69, 9.17) is 67.1 Å². The third-order valence-corrected chi connectivity index (χ3v) is 18.5. The molecule has 0 saturated heterocycles. The molecular weight excluding hydrogens is 1800 g/mol. The zero-order chi connectivity index (χ0) is 102. The van der Waals surface area contributed by atoms with Gasteiger partial charge in [-0.2, -0.15) is 88.8 Å².